The minimum Gasteiger partial charge on any atom is -0.489 e. The van der Waals surface area contributed by atoms with E-state index in [1.807, 2.05) is 6.07 Å². The molecule has 108 valence electrons. The molecule has 2 aromatic carbocycles. The zero-order valence-electron chi connectivity index (χ0n) is 11.3. The third-order valence-electron chi connectivity index (χ3n) is 3.00. The summed E-state index contributed by atoms with van der Waals surface area (Å²) in [7, 11) is 0. The molecule has 0 aliphatic carbocycles. The summed E-state index contributed by atoms with van der Waals surface area (Å²) in [6.07, 6.45) is -0.868. The lowest BCUT2D eigenvalue weighted by atomic mass is 10.1. The Hall–Kier alpha value is -2.09. The van der Waals surface area contributed by atoms with Crippen LogP contribution in [-0.2, 0) is 6.61 Å². The van der Waals surface area contributed by atoms with Crippen LogP contribution in [-0.4, -0.2) is 5.11 Å². The highest BCUT2D eigenvalue weighted by molar-refractivity contribution is 6.31. The van der Waals surface area contributed by atoms with E-state index in [0.29, 0.717) is 21.9 Å². The van der Waals surface area contributed by atoms with Gasteiger partial charge in [-0.25, -0.2) is 4.39 Å². The normalized spacial score (nSPS) is 11.8. The summed E-state index contributed by atoms with van der Waals surface area (Å²) in [5.74, 6) is -0.175. The number of nitriles is 1. The van der Waals surface area contributed by atoms with Crippen LogP contribution in [0, 0.1) is 17.1 Å². The number of aliphatic hydroxyl groups is 1. The third kappa shape index (κ3) is 3.72. The summed E-state index contributed by atoms with van der Waals surface area (Å²) >= 11 is 6.03. The van der Waals surface area contributed by atoms with E-state index in [4.69, 9.17) is 21.6 Å². The zero-order valence-corrected chi connectivity index (χ0v) is 12.1. The number of benzene rings is 2. The van der Waals surface area contributed by atoms with Gasteiger partial charge in [-0.3, -0.25) is 0 Å². The zero-order chi connectivity index (χ0) is 15.4. The van der Waals surface area contributed by atoms with Crippen LogP contribution in [0.1, 0.15) is 29.7 Å². The van der Waals surface area contributed by atoms with Crippen LogP contribution in [0.4, 0.5) is 4.39 Å². The number of aliphatic hydroxyl groups excluding tert-OH is 1. The predicted molar refractivity (Wildman–Crippen MR) is 77.5 cm³/mol. The summed E-state index contributed by atoms with van der Waals surface area (Å²) in [6, 6.07) is 11.2. The second kappa shape index (κ2) is 6.57. The molecule has 21 heavy (non-hydrogen) atoms. The maximum atomic E-state index is 13.7. The second-order valence-corrected chi connectivity index (χ2v) is 4.97. The Morgan fingerprint density at radius 2 is 2.10 bits per heavy atom. The summed E-state index contributed by atoms with van der Waals surface area (Å²) in [6.45, 7) is 1.66. The lowest BCUT2D eigenvalue weighted by molar-refractivity contribution is 0.194. The molecule has 0 aliphatic rings. The van der Waals surface area contributed by atoms with Gasteiger partial charge in [0.15, 0.2) is 0 Å². The van der Waals surface area contributed by atoms with E-state index in [1.165, 1.54) is 19.1 Å². The van der Waals surface area contributed by atoms with Crippen molar-refractivity contribution >= 4 is 11.6 Å². The van der Waals surface area contributed by atoms with Crippen LogP contribution < -0.4 is 4.74 Å². The Bertz CT molecular complexity index is 695. The highest BCUT2D eigenvalue weighted by Crippen LogP contribution is 2.24. The van der Waals surface area contributed by atoms with Crippen molar-refractivity contribution in [2.45, 2.75) is 19.6 Å². The maximum absolute atomic E-state index is 13.7. The molecular weight excluding hydrogens is 293 g/mol. The average molecular weight is 306 g/mol. The molecule has 0 spiro atoms. The number of ether oxygens (including phenoxy) is 1. The molecule has 0 fully saturated rings. The Kier molecular flexibility index (Phi) is 4.79. The van der Waals surface area contributed by atoms with Gasteiger partial charge >= 0.3 is 0 Å². The molecule has 0 saturated carbocycles. The minimum atomic E-state index is -0.868. The second-order valence-electron chi connectivity index (χ2n) is 4.57. The third-order valence-corrected chi connectivity index (χ3v) is 3.35. The molecular formula is C16H13ClFNO2. The average Bonchev–Trinajstić information content (AvgIpc) is 2.45. The summed E-state index contributed by atoms with van der Waals surface area (Å²) in [5.41, 5.74) is 1.39. The highest BCUT2D eigenvalue weighted by Gasteiger charge is 2.09. The molecule has 2 aromatic rings. The van der Waals surface area contributed by atoms with Crippen molar-refractivity contribution in [3.63, 3.8) is 0 Å². The van der Waals surface area contributed by atoms with Crippen LogP contribution in [0.3, 0.4) is 0 Å². The molecule has 3 nitrogen and oxygen atoms in total. The molecule has 0 radical (unpaired) electrons. The Morgan fingerprint density at radius 3 is 2.67 bits per heavy atom. The van der Waals surface area contributed by atoms with Crippen LogP contribution in [0.25, 0.3) is 0 Å². The lowest BCUT2D eigenvalue weighted by Crippen LogP contribution is -2.00. The van der Waals surface area contributed by atoms with E-state index in [1.54, 1.807) is 24.3 Å². The molecule has 0 heterocycles. The van der Waals surface area contributed by atoms with E-state index >= 15 is 0 Å². The van der Waals surface area contributed by atoms with Gasteiger partial charge in [-0.05, 0) is 31.2 Å². The van der Waals surface area contributed by atoms with Gasteiger partial charge in [-0.15, -0.1) is 0 Å². The fourth-order valence-electron chi connectivity index (χ4n) is 1.83. The van der Waals surface area contributed by atoms with Crippen molar-refractivity contribution in [1.29, 1.82) is 5.26 Å². The molecule has 0 aromatic heterocycles. The first-order valence-electron chi connectivity index (χ1n) is 6.30. The van der Waals surface area contributed by atoms with Crippen molar-refractivity contribution in [3.05, 3.63) is 63.9 Å². The van der Waals surface area contributed by atoms with Gasteiger partial charge in [0.1, 0.15) is 18.2 Å². The van der Waals surface area contributed by atoms with E-state index < -0.39 is 11.9 Å². The fourth-order valence-corrected chi connectivity index (χ4v) is 2.07. The number of halogens is 2. The molecule has 5 heteroatoms. The topological polar surface area (TPSA) is 53.2 Å². The lowest BCUT2D eigenvalue weighted by Gasteiger charge is -2.11. The maximum Gasteiger partial charge on any atom is 0.132 e. The quantitative estimate of drug-likeness (QED) is 0.929. The van der Waals surface area contributed by atoms with Gasteiger partial charge in [0.05, 0.1) is 17.7 Å². The summed E-state index contributed by atoms with van der Waals surface area (Å²) in [5, 5.41) is 18.6. The van der Waals surface area contributed by atoms with E-state index in [0.717, 1.165) is 0 Å². The van der Waals surface area contributed by atoms with E-state index in [9.17, 15) is 9.50 Å². The molecule has 1 N–H and O–H groups in total. The number of rotatable bonds is 4. The van der Waals surface area contributed by atoms with E-state index in [-0.39, 0.29) is 12.2 Å². The van der Waals surface area contributed by atoms with Crippen molar-refractivity contribution < 1.29 is 14.2 Å². The van der Waals surface area contributed by atoms with Gasteiger partial charge < -0.3 is 9.84 Å². The van der Waals surface area contributed by atoms with Gasteiger partial charge in [0.2, 0.25) is 0 Å². The van der Waals surface area contributed by atoms with Crippen LogP contribution in [0.2, 0.25) is 5.02 Å². The molecule has 0 aliphatic heterocycles. The SMILES string of the molecule is C[C@H](O)c1ccc(OCc2ccc(C#N)cc2Cl)cc1F. The minimum absolute atomic E-state index is 0.165. The van der Waals surface area contributed by atoms with Gasteiger partial charge in [-0.2, -0.15) is 5.26 Å². The Balaban J connectivity index is 2.10. The van der Waals surface area contributed by atoms with Crippen LogP contribution in [0.15, 0.2) is 36.4 Å². The number of hydrogen-bond acceptors (Lipinski definition) is 3. The first kappa shape index (κ1) is 15.3. The Labute approximate surface area is 127 Å². The molecule has 0 bridgehead atoms. The molecule has 0 unspecified atom stereocenters. The van der Waals surface area contributed by atoms with E-state index in [2.05, 4.69) is 0 Å². The highest BCUT2D eigenvalue weighted by atomic mass is 35.5. The molecule has 2 rings (SSSR count). The molecule has 1 atom stereocenters. The summed E-state index contributed by atoms with van der Waals surface area (Å²) in [4.78, 5) is 0. The first-order valence-corrected chi connectivity index (χ1v) is 6.68. The number of hydrogen-bond donors (Lipinski definition) is 1. The molecule has 0 amide bonds. The van der Waals surface area contributed by atoms with Gasteiger partial charge in [-0.1, -0.05) is 17.7 Å². The van der Waals surface area contributed by atoms with Crippen molar-refractivity contribution in [3.8, 4) is 11.8 Å². The largest absolute Gasteiger partial charge is 0.489 e. The number of nitrogens with zero attached hydrogens (tertiary/aromatic N) is 1. The van der Waals surface area contributed by atoms with Gasteiger partial charge in [0.25, 0.3) is 0 Å². The fraction of sp³-hybridized carbons (Fsp3) is 0.188. The van der Waals surface area contributed by atoms with Crippen LogP contribution in [0.5, 0.6) is 5.75 Å². The Morgan fingerprint density at radius 1 is 1.33 bits per heavy atom. The standard InChI is InChI=1S/C16H13ClFNO2/c1-10(20)14-5-4-13(7-16(14)18)21-9-12-3-2-11(8-19)6-15(12)17/h2-7,10,20H,9H2,1H3/t10-/m0/s1. The summed E-state index contributed by atoms with van der Waals surface area (Å²) < 4.78 is 19.2. The predicted octanol–water partition coefficient (Wildman–Crippen LogP) is 3.98. The van der Waals surface area contributed by atoms with Crippen molar-refractivity contribution in [2.24, 2.45) is 0 Å². The monoisotopic (exact) mass is 305 g/mol. The van der Waals surface area contributed by atoms with Crippen molar-refractivity contribution in [2.75, 3.05) is 0 Å². The molecule has 0 saturated heterocycles. The first-order chi connectivity index (χ1) is 10.0. The van der Waals surface area contributed by atoms with Crippen LogP contribution >= 0.6 is 11.6 Å². The van der Waals surface area contributed by atoms with Crippen molar-refractivity contribution in [1.82, 2.24) is 0 Å². The van der Waals surface area contributed by atoms with Gasteiger partial charge in [0, 0.05) is 22.2 Å². The smallest absolute Gasteiger partial charge is 0.132 e.